The van der Waals surface area contributed by atoms with Crippen LogP contribution in [0.15, 0.2) is 48.5 Å². The third kappa shape index (κ3) is 7.48. The molecular formula is C28H33ClFN5O4. The van der Waals surface area contributed by atoms with Crippen molar-refractivity contribution in [3.05, 3.63) is 70.5 Å². The zero-order chi connectivity index (χ0) is 28.3. The van der Waals surface area contributed by atoms with Crippen LogP contribution in [0.4, 0.5) is 19.7 Å². The molecule has 2 saturated heterocycles. The molecule has 11 heteroatoms. The van der Waals surface area contributed by atoms with Gasteiger partial charge in [0.25, 0.3) is 0 Å². The number of urea groups is 1. The molecule has 2 unspecified atom stereocenters. The fourth-order valence-corrected chi connectivity index (χ4v) is 5.17. The zero-order valence-corrected chi connectivity index (χ0v) is 23.0. The molecule has 2 aliphatic heterocycles. The van der Waals surface area contributed by atoms with Crippen molar-refractivity contribution in [1.82, 2.24) is 14.7 Å². The number of hydrogen-bond donors (Lipinski definition) is 2. The van der Waals surface area contributed by atoms with Crippen molar-refractivity contribution in [3.63, 3.8) is 0 Å². The zero-order valence-electron chi connectivity index (χ0n) is 22.2. The minimum absolute atomic E-state index is 0.213. The Labute approximate surface area is 232 Å². The number of benzene rings is 2. The van der Waals surface area contributed by atoms with Gasteiger partial charge in [0.05, 0.1) is 17.8 Å². The summed E-state index contributed by atoms with van der Waals surface area (Å²) < 4.78 is 19.0. The van der Waals surface area contributed by atoms with E-state index < -0.39 is 17.7 Å². The predicted molar refractivity (Wildman–Crippen MR) is 148 cm³/mol. The van der Waals surface area contributed by atoms with E-state index in [9.17, 15) is 18.8 Å². The lowest BCUT2D eigenvalue weighted by atomic mass is 9.99. The third-order valence-corrected chi connectivity index (χ3v) is 6.73. The second-order valence-corrected chi connectivity index (χ2v) is 11.2. The maximum absolute atomic E-state index is 13.5. The molecule has 2 aromatic rings. The standard InChI is InChI=1S/C28H33ClFN5O4/c1-28(2,3)39-27(38)34-16-22-14-33(13-18-4-9-21(30)10-5-18)15-23(17-34)35(22)25(36)11-7-19-6-8-20(29)12-24(19)32-26(31)37/h4-12,22-23H,13-17H2,1-3H3,(H3,31,32,37)/b11-7+. The Morgan fingerprint density at radius 3 is 2.31 bits per heavy atom. The number of rotatable bonds is 5. The topological polar surface area (TPSA) is 108 Å². The van der Waals surface area contributed by atoms with E-state index in [1.165, 1.54) is 18.2 Å². The maximum atomic E-state index is 13.5. The van der Waals surface area contributed by atoms with Gasteiger partial charge >= 0.3 is 12.1 Å². The van der Waals surface area contributed by atoms with Crippen LogP contribution in [0, 0.1) is 5.82 Å². The number of fused-ring (bicyclic) bond motifs is 2. The smallest absolute Gasteiger partial charge is 0.410 e. The first-order chi connectivity index (χ1) is 18.4. The van der Waals surface area contributed by atoms with Crippen LogP contribution in [0.5, 0.6) is 0 Å². The van der Waals surface area contributed by atoms with Crippen LogP contribution in [-0.4, -0.2) is 76.6 Å². The molecule has 0 aromatic heterocycles. The van der Waals surface area contributed by atoms with E-state index in [2.05, 4.69) is 10.2 Å². The number of piperazine rings is 2. The Morgan fingerprint density at radius 2 is 1.72 bits per heavy atom. The van der Waals surface area contributed by atoms with Gasteiger partial charge in [0, 0.05) is 43.8 Å². The van der Waals surface area contributed by atoms with Crippen molar-refractivity contribution in [2.45, 2.75) is 45.0 Å². The second kappa shape index (κ2) is 11.6. The van der Waals surface area contributed by atoms with Crippen LogP contribution in [-0.2, 0) is 16.1 Å². The van der Waals surface area contributed by atoms with Gasteiger partial charge in [0.2, 0.25) is 5.91 Å². The largest absolute Gasteiger partial charge is 0.444 e. The van der Waals surface area contributed by atoms with Crippen LogP contribution in [0.1, 0.15) is 31.9 Å². The van der Waals surface area contributed by atoms with Crippen molar-refractivity contribution in [3.8, 4) is 0 Å². The summed E-state index contributed by atoms with van der Waals surface area (Å²) in [6, 6.07) is 9.96. The van der Waals surface area contributed by atoms with Crippen molar-refractivity contribution in [1.29, 1.82) is 0 Å². The number of halogens is 2. The predicted octanol–water partition coefficient (Wildman–Crippen LogP) is 4.32. The molecule has 2 atom stereocenters. The summed E-state index contributed by atoms with van der Waals surface area (Å²) in [6.07, 6.45) is 2.65. The molecule has 2 aliphatic rings. The highest BCUT2D eigenvalue weighted by Crippen LogP contribution is 2.27. The monoisotopic (exact) mass is 557 g/mol. The highest BCUT2D eigenvalue weighted by molar-refractivity contribution is 6.31. The molecule has 9 nitrogen and oxygen atoms in total. The number of hydrogen-bond acceptors (Lipinski definition) is 5. The number of amides is 4. The Balaban J connectivity index is 1.54. The number of carbonyl (C=O) groups excluding carboxylic acids is 3. The molecule has 0 saturated carbocycles. The van der Waals surface area contributed by atoms with Gasteiger partial charge in [0.15, 0.2) is 0 Å². The number of nitrogens with zero attached hydrogens (tertiary/aromatic N) is 3. The van der Waals surface area contributed by atoms with E-state index in [1.54, 1.807) is 41.3 Å². The van der Waals surface area contributed by atoms with Crippen LogP contribution in [0.3, 0.4) is 0 Å². The van der Waals surface area contributed by atoms with Gasteiger partial charge in [0.1, 0.15) is 11.4 Å². The Kier molecular flexibility index (Phi) is 8.46. The molecule has 3 N–H and O–H groups in total. The van der Waals surface area contributed by atoms with Crippen molar-refractivity contribution in [2.75, 3.05) is 31.5 Å². The van der Waals surface area contributed by atoms with Crippen molar-refractivity contribution < 1.29 is 23.5 Å². The Bertz CT molecular complexity index is 1250. The number of nitrogens with two attached hydrogens (primary N) is 1. The van der Waals surface area contributed by atoms with Gasteiger partial charge < -0.3 is 25.6 Å². The summed E-state index contributed by atoms with van der Waals surface area (Å²) in [6.45, 7) is 7.76. The van der Waals surface area contributed by atoms with Gasteiger partial charge in [-0.15, -0.1) is 0 Å². The fourth-order valence-electron chi connectivity index (χ4n) is 4.99. The minimum atomic E-state index is -0.743. The van der Waals surface area contributed by atoms with E-state index >= 15 is 0 Å². The Hall–Kier alpha value is -3.63. The molecule has 208 valence electrons. The molecule has 2 bridgehead atoms. The molecule has 0 radical (unpaired) electrons. The van der Waals surface area contributed by atoms with E-state index in [-0.39, 0.29) is 23.8 Å². The summed E-state index contributed by atoms with van der Waals surface area (Å²) in [5, 5.41) is 2.93. The van der Waals surface area contributed by atoms with Crippen molar-refractivity contribution >= 4 is 41.4 Å². The minimum Gasteiger partial charge on any atom is -0.444 e. The van der Waals surface area contributed by atoms with Crippen LogP contribution >= 0.6 is 11.6 Å². The lowest BCUT2D eigenvalue weighted by Crippen LogP contribution is -2.70. The average molecular weight is 558 g/mol. The van der Waals surface area contributed by atoms with Crippen LogP contribution < -0.4 is 11.1 Å². The first kappa shape index (κ1) is 28.4. The maximum Gasteiger partial charge on any atom is 0.410 e. The van der Waals surface area contributed by atoms with Gasteiger partial charge in [-0.2, -0.15) is 0 Å². The number of nitrogens with one attached hydrogen (secondary N) is 1. The molecule has 4 rings (SSSR count). The average Bonchev–Trinajstić information content (AvgIpc) is 2.82. The highest BCUT2D eigenvalue weighted by Gasteiger charge is 2.44. The molecule has 2 aromatic carbocycles. The van der Waals surface area contributed by atoms with Gasteiger partial charge in [-0.3, -0.25) is 9.69 Å². The summed E-state index contributed by atoms with van der Waals surface area (Å²) >= 11 is 6.05. The second-order valence-electron chi connectivity index (χ2n) is 10.8. The first-order valence-corrected chi connectivity index (χ1v) is 13.1. The van der Waals surface area contributed by atoms with Gasteiger partial charge in [-0.1, -0.05) is 29.8 Å². The van der Waals surface area contributed by atoms with Crippen LogP contribution in [0.25, 0.3) is 6.08 Å². The van der Waals surface area contributed by atoms with E-state index in [0.717, 1.165) is 5.56 Å². The molecule has 39 heavy (non-hydrogen) atoms. The number of ether oxygens (including phenoxy) is 1. The Morgan fingerprint density at radius 1 is 1.08 bits per heavy atom. The summed E-state index contributed by atoms with van der Waals surface area (Å²) in [5.74, 6) is -0.504. The van der Waals surface area contributed by atoms with Gasteiger partial charge in [-0.25, -0.2) is 14.0 Å². The fraction of sp³-hybridized carbons (Fsp3) is 0.393. The summed E-state index contributed by atoms with van der Waals surface area (Å²) in [4.78, 5) is 43.5. The first-order valence-electron chi connectivity index (χ1n) is 12.7. The molecule has 4 amide bonds. The van der Waals surface area contributed by atoms with E-state index in [4.69, 9.17) is 22.1 Å². The molecule has 0 spiro atoms. The SMILES string of the molecule is CC(C)(C)OC(=O)N1CC2CN(Cc3ccc(F)cc3)CC(C1)N2C(=O)/C=C/c1ccc(Cl)cc1NC(N)=O. The van der Waals surface area contributed by atoms with E-state index in [0.29, 0.717) is 49.0 Å². The molecule has 2 fully saturated rings. The molecular weight excluding hydrogens is 525 g/mol. The molecule has 2 heterocycles. The third-order valence-electron chi connectivity index (χ3n) is 6.49. The van der Waals surface area contributed by atoms with Gasteiger partial charge in [-0.05, 0) is 62.2 Å². The summed E-state index contributed by atoms with van der Waals surface area (Å²) in [5.41, 5.74) is 6.57. The van der Waals surface area contributed by atoms with E-state index in [1.807, 2.05) is 25.7 Å². The highest BCUT2D eigenvalue weighted by atomic mass is 35.5. The quantitative estimate of drug-likeness (QED) is 0.532. The summed E-state index contributed by atoms with van der Waals surface area (Å²) in [7, 11) is 0. The number of carbonyl (C=O) groups is 3. The molecule has 0 aliphatic carbocycles. The number of primary amides is 1. The normalized spacial score (nSPS) is 19.7. The van der Waals surface area contributed by atoms with Crippen LogP contribution in [0.2, 0.25) is 5.02 Å². The van der Waals surface area contributed by atoms with Crippen molar-refractivity contribution in [2.24, 2.45) is 5.73 Å². The number of anilines is 1. The lowest BCUT2D eigenvalue weighted by Gasteiger charge is -2.52. The lowest BCUT2D eigenvalue weighted by molar-refractivity contribution is -0.140.